The van der Waals surface area contributed by atoms with Gasteiger partial charge in [0.1, 0.15) is 24.1 Å². The van der Waals surface area contributed by atoms with Crippen LogP contribution in [0.25, 0.3) is 0 Å². The van der Waals surface area contributed by atoms with Crippen LogP contribution < -0.4 is 19.1 Å². The SMILES string of the molecule is COc1ccc(OC)c(N(CC(=O)N(Cc2ccc(C)cc2)[C@H](C)C(=O)NCC(C)C)S(=O)(=O)c2ccc(C)cc2)c1. The van der Waals surface area contributed by atoms with Crippen molar-refractivity contribution < 1.29 is 27.5 Å². The molecule has 0 aromatic heterocycles. The van der Waals surface area contributed by atoms with Crippen molar-refractivity contribution >= 4 is 27.5 Å². The van der Waals surface area contributed by atoms with E-state index >= 15 is 0 Å². The van der Waals surface area contributed by atoms with Gasteiger partial charge >= 0.3 is 0 Å². The number of sulfonamides is 1. The van der Waals surface area contributed by atoms with E-state index in [2.05, 4.69) is 5.32 Å². The molecule has 9 nitrogen and oxygen atoms in total. The number of carbonyl (C=O) groups is 2. The highest BCUT2D eigenvalue weighted by atomic mass is 32.2. The van der Waals surface area contributed by atoms with Crippen molar-refractivity contribution in [2.24, 2.45) is 5.92 Å². The van der Waals surface area contributed by atoms with E-state index in [1.54, 1.807) is 31.2 Å². The Balaban J connectivity index is 2.10. The Hall–Kier alpha value is -4.05. The fourth-order valence-corrected chi connectivity index (χ4v) is 5.68. The molecule has 0 fully saturated rings. The Kier molecular flexibility index (Phi) is 11.0. The predicted octanol–water partition coefficient (Wildman–Crippen LogP) is 4.71. The van der Waals surface area contributed by atoms with E-state index in [4.69, 9.17) is 9.47 Å². The summed E-state index contributed by atoms with van der Waals surface area (Å²) in [4.78, 5) is 28.7. The molecule has 0 spiro atoms. The van der Waals surface area contributed by atoms with Crippen molar-refractivity contribution in [3.63, 3.8) is 0 Å². The minimum atomic E-state index is -4.25. The minimum absolute atomic E-state index is 0.0126. The van der Waals surface area contributed by atoms with Crippen LogP contribution in [0.5, 0.6) is 11.5 Å². The zero-order chi connectivity index (χ0) is 31.0. The minimum Gasteiger partial charge on any atom is -0.497 e. The first-order valence-electron chi connectivity index (χ1n) is 13.8. The molecule has 0 heterocycles. The fraction of sp³-hybridized carbons (Fsp3) is 0.375. The number of amides is 2. The summed E-state index contributed by atoms with van der Waals surface area (Å²) in [6.07, 6.45) is 0. The molecule has 3 rings (SSSR count). The van der Waals surface area contributed by atoms with Crippen LogP contribution in [0, 0.1) is 19.8 Å². The number of benzene rings is 3. The summed E-state index contributed by atoms with van der Waals surface area (Å²) in [5.74, 6) is -0.0233. The van der Waals surface area contributed by atoms with Crippen LogP contribution in [0.3, 0.4) is 0 Å². The summed E-state index contributed by atoms with van der Waals surface area (Å²) in [5.41, 5.74) is 2.89. The first-order chi connectivity index (χ1) is 19.9. The van der Waals surface area contributed by atoms with Crippen LogP contribution in [-0.2, 0) is 26.2 Å². The second-order valence-electron chi connectivity index (χ2n) is 10.7. The number of ether oxygens (including phenoxy) is 2. The van der Waals surface area contributed by atoms with Gasteiger partial charge in [-0.15, -0.1) is 0 Å². The molecule has 3 aromatic carbocycles. The highest BCUT2D eigenvalue weighted by Gasteiger charge is 2.34. The average molecular weight is 596 g/mol. The molecule has 2 amide bonds. The summed E-state index contributed by atoms with van der Waals surface area (Å²) in [5, 5.41) is 2.89. The van der Waals surface area contributed by atoms with Crippen molar-refractivity contribution in [1.29, 1.82) is 0 Å². The molecule has 0 unspecified atom stereocenters. The van der Waals surface area contributed by atoms with Crippen LogP contribution in [0.15, 0.2) is 71.6 Å². The number of carbonyl (C=O) groups excluding carboxylic acids is 2. The Labute approximate surface area is 249 Å². The topological polar surface area (TPSA) is 105 Å². The van der Waals surface area contributed by atoms with Crippen LogP contribution >= 0.6 is 0 Å². The van der Waals surface area contributed by atoms with Crippen molar-refractivity contribution in [3.05, 3.63) is 83.4 Å². The molecule has 0 aliphatic carbocycles. The van der Waals surface area contributed by atoms with Crippen LogP contribution in [0.2, 0.25) is 0 Å². The van der Waals surface area contributed by atoms with Gasteiger partial charge in [-0.1, -0.05) is 61.4 Å². The maximum absolute atomic E-state index is 14.1. The molecule has 0 bridgehead atoms. The molecular formula is C32H41N3O6S. The van der Waals surface area contributed by atoms with Gasteiger partial charge in [0.05, 0.1) is 24.8 Å². The van der Waals surface area contributed by atoms with Gasteiger partial charge in [-0.3, -0.25) is 13.9 Å². The van der Waals surface area contributed by atoms with Crippen LogP contribution in [0.4, 0.5) is 5.69 Å². The molecule has 1 N–H and O–H groups in total. The van der Waals surface area contributed by atoms with Crippen molar-refractivity contribution in [2.45, 2.75) is 52.1 Å². The van der Waals surface area contributed by atoms with Crippen LogP contribution in [0.1, 0.15) is 37.5 Å². The Morgan fingerprint density at radius 1 is 0.857 bits per heavy atom. The number of aryl methyl sites for hydroxylation is 2. The Bertz CT molecular complexity index is 1470. The van der Waals surface area contributed by atoms with Crippen LogP contribution in [-0.4, -0.2) is 58.5 Å². The lowest BCUT2D eigenvalue weighted by atomic mass is 10.1. The largest absolute Gasteiger partial charge is 0.497 e. The molecule has 0 aliphatic heterocycles. The van der Waals surface area contributed by atoms with Gasteiger partial charge < -0.3 is 19.7 Å². The zero-order valence-corrected chi connectivity index (χ0v) is 26.2. The lowest BCUT2D eigenvalue weighted by Gasteiger charge is -2.32. The quantitative estimate of drug-likeness (QED) is 0.307. The van der Waals surface area contributed by atoms with E-state index in [-0.39, 0.29) is 34.7 Å². The second kappa shape index (κ2) is 14.2. The highest BCUT2D eigenvalue weighted by molar-refractivity contribution is 7.92. The molecule has 226 valence electrons. The van der Waals surface area contributed by atoms with Crippen molar-refractivity contribution in [3.8, 4) is 11.5 Å². The van der Waals surface area contributed by atoms with Gasteiger partial charge in [-0.25, -0.2) is 8.42 Å². The normalized spacial score (nSPS) is 12.0. The summed E-state index contributed by atoms with van der Waals surface area (Å²) >= 11 is 0. The maximum atomic E-state index is 14.1. The molecule has 0 radical (unpaired) electrons. The number of hydrogen-bond donors (Lipinski definition) is 1. The highest BCUT2D eigenvalue weighted by Crippen LogP contribution is 2.36. The van der Waals surface area contributed by atoms with Crippen molar-refractivity contribution in [1.82, 2.24) is 10.2 Å². The molecule has 0 saturated carbocycles. The van der Waals surface area contributed by atoms with Gasteiger partial charge in [0.25, 0.3) is 10.0 Å². The lowest BCUT2D eigenvalue weighted by molar-refractivity contribution is -0.139. The van der Waals surface area contributed by atoms with E-state index in [0.29, 0.717) is 12.3 Å². The molecule has 0 saturated heterocycles. The van der Waals surface area contributed by atoms with E-state index in [1.165, 1.54) is 37.3 Å². The van der Waals surface area contributed by atoms with Gasteiger partial charge in [0, 0.05) is 19.2 Å². The summed E-state index contributed by atoms with van der Waals surface area (Å²) in [7, 11) is -1.36. The predicted molar refractivity (Wildman–Crippen MR) is 164 cm³/mol. The number of nitrogens with zero attached hydrogens (tertiary/aromatic N) is 2. The summed E-state index contributed by atoms with van der Waals surface area (Å²) in [6.45, 7) is 9.42. The van der Waals surface area contributed by atoms with Gasteiger partial charge in [-0.05, 0) is 56.5 Å². The maximum Gasteiger partial charge on any atom is 0.264 e. The Morgan fingerprint density at radius 2 is 1.45 bits per heavy atom. The molecule has 10 heteroatoms. The fourth-order valence-electron chi connectivity index (χ4n) is 4.27. The smallest absolute Gasteiger partial charge is 0.264 e. The van der Waals surface area contributed by atoms with Gasteiger partial charge in [0.15, 0.2) is 0 Å². The third-order valence-electron chi connectivity index (χ3n) is 6.87. The molecular weight excluding hydrogens is 554 g/mol. The third kappa shape index (κ3) is 8.03. The second-order valence-corrected chi connectivity index (χ2v) is 12.5. The molecule has 42 heavy (non-hydrogen) atoms. The first kappa shape index (κ1) is 32.5. The van der Waals surface area contributed by atoms with E-state index in [0.717, 1.165) is 21.0 Å². The third-order valence-corrected chi connectivity index (χ3v) is 8.64. The average Bonchev–Trinajstić information content (AvgIpc) is 2.97. The lowest BCUT2D eigenvalue weighted by Crippen LogP contribution is -2.51. The van der Waals surface area contributed by atoms with Gasteiger partial charge in [0.2, 0.25) is 11.8 Å². The van der Waals surface area contributed by atoms with E-state index in [9.17, 15) is 18.0 Å². The number of methoxy groups -OCH3 is 2. The molecule has 1 atom stereocenters. The number of rotatable bonds is 13. The van der Waals surface area contributed by atoms with Crippen molar-refractivity contribution in [2.75, 3.05) is 31.6 Å². The molecule has 3 aromatic rings. The zero-order valence-electron chi connectivity index (χ0n) is 25.4. The number of nitrogens with one attached hydrogen (secondary N) is 1. The van der Waals surface area contributed by atoms with Gasteiger partial charge in [-0.2, -0.15) is 0 Å². The molecule has 0 aliphatic rings. The van der Waals surface area contributed by atoms with E-state index in [1.807, 2.05) is 52.0 Å². The number of anilines is 1. The Morgan fingerprint density at radius 3 is 2.00 bits per heavy atom. The van der Waals surface area contributed by atoms with E-state index < -0.39 is 28.5 Å². The monoisotopic (exact) mass is 595 g/mol. The number of hydrogen-bond acceptors (Lipinski definition) is 6. The first-order valence-corrected chi connectivity index (χ1v) is 15.3. The summed E-state index contributed by atoms with van der Waals surface area (Å²) in [6, 6.07) is 17.9. The standard InChI is InChI=1S/C32H41N3O6S/c1-22(2)19-33-32(37)25(5)34(20-26-12-8-23(3)9-13-26)31(36)21-35(29-18-27(40-6)14-17-30(29)41-7)42(38,39)28-15-10-24(4)11-16-28/h8-18,22,25H,19-21H2,1-7H3,(H,33,37)/t25-/m1/s1. The summed E-state index contributed by atoms with van der Waals surface area (Å²) < 4.78 is 40.2.